The van der Waals surface area contributed by atoms with Crippen LogP contribution in [0.25, 0.3) is 0 Å². The van der Waals surface area contributed by atoms with Gasteiger partial charge >= 0.3 is 11.9 Å². The summed E-state index contributed by atoms with van der Waals surface area (Å²) in [6, 6.07) is 20.9. The van der Waals surface area contributed by atoms with Gasteiger partial charge in [0, 0.05) is 5.02 Å². The number of esters is 2. The minimum atomic E-state index is -0.639. The molecule has 0 radical (unpaired) electrons. The molecule has 0 atom stereocenters. The molecule has 0 saturated heterocycles. The van der Waals surface area contributed by atoms with Crippen molar-refractivity contribution in [2.75, 3.05) is 13.2 Å². The second kappa shape index (κ2) is 11.4. The van der Waals surface area contributed by atoms with E-state index in [1.54, 1.807) is 30.3 Å². The summed E-state index contributed by atoms with van der Waals surface area (Å²) in [7, 11) is 0. The van der Waals surface area contributed by atoms with Gasteiger partial charge in [0.2, 0.25) is 0 Å². The van der Waals surface area contributed by atoms with Gasteiger partial charge in [-0.15, -0.1) is 0 Å². The molecular formula is C24H20Cl2O5. The molecule has 5 nitrogen and oxygen atoms in total. The lowest BCUT2D eigenvalue weighted by Crippen LogP contribution is -2.18. The third-order valence-corrected chi connectivity index (χ3v) is 4.76. The van der Waals surface area contributed by atoms with Gasteiger partial charge in [0.05, 0.1) is 17.2 Å². The van der Waals surface area contributed by atoms with Gasteiger partial charge in [-0.25, -0.2) is 9.59 Å². The molecule has 0 aliphatic rings. The van der Waals surface area contributed by atoms with Gasteiger partial charge in [-0.05, 0) is 54.8 Å². The Labute approximate surface area is 190 Å². The molecule has 0 aliphatic carbocycles. The smallest absolute Gasteiger partial charge is 0.349 e. The Bertz CT molecular complexity index is 1040. The summed E-state index contributed by atoms with van der Waals surface area (Å²) in [6.45, 7) is -0.0526. The molecular weight excluding hydrogens is 439 g/mol. The molecule has 0 aromatic heterocycles. The summed E-state index contributed by atoms with van der Waals surface area (Å²) < 4.78 is 15.9. The zero-order valence-electron chi connectivity index (χ0n) is 16.6. The quantitative estimate of drug-likeness (QED) is 0.231. The number of rotatable bonds is 9. The number of aryl methyl sites for hydroxylation is 1. The summed E-state index contributed by atoms with van der Waals surface area (Å²) in [6.07, 6.45) is 1.54. The Morgan fingerprint density at radius 1 is 0.871 bits per heavy atom. The highest BCUT2D eigenvalue weighted by Crippen LogP contribution is 2.27. The predicted molar refractivity (Wildman–Crippen MR) is 119 cm³/mol. The van der Waals surface area contributed by atoms with E-state index in [1.807, 2.05) is 30.3 Å². The van der Waals surface area contributed by atoms with Crippen molar-refractivity contribution < 1.29 is 23.8 Å². The van der Waals surface area contributed by atoms with Crippen molar-refractivity contribution in [2.24, 2.45) is 0 Å². The SMILES string of the molecule is O=C(COc1ccc(Cl)cc1Cl)Oc1cccc(C(=O)OCCCc2ccccc2)c1. The Morgan fingerprint density at radius 2 is 1.68 bits per heavy atom. The van der Waals surface area contributed by atoms with E-state index in [-0.39, 0.29) is 17.4 Å². The fourth-order valence-electron chi connectivity index (χ4n) is 2.75. The molecule has 0 saturated carbocycles. The molecule has 0 heterocycles. The summed E-state index contributed by atoms with van der Waals surface area (Å²) >= 11 is 11.8. The molecule has 3 aromatic carbocycles. The van der Waals surface area contributed by atoms with Crippen LogP contribution in [0.3, 0.4) is 0 Å². The Balaban J connectivity index is 1.46. The standard InChI is InChI=1S/C24H20Cl2O5/c25-19-11-12-22(21(26)15-19)30-16-23(27)31-20-10-4-9-18(14-20)24(28)29-13-5-8-17-6-2-1-3-7-17/h1-4,6-7,9-12,14-15H,5,8,13,16H2. The normalized spacial score (nSPS) is 10.4. The van der Waals surface area contributed by atoms with Crippen molar-refractivity contribution in [3.63, 3.8) is 0 Å². The molecule has 0 unspecified atom stereocenters. The number of carbonyl (C=O) groups is 2. The highest BCUT2D eigenvalue weighted by Gasteiger charge is 2.12. The van der Waals surface area contributed by atoms with Gasteiger partial charge < -0.3 is 14.2 Å². The molecule has 3 aromatic rings. The monoisotopic (exact) mass is 458 g/mol. The fraction of sp³-hybridized carbons (Fsp3) is 0.167. The van der Waals surface area contributed by atoms with Crippen molar-refractivity contribution in [1.82, 2.24) is 0 Å². The first-order valence-electron chi connectivity index (χ1n) is 9.61. The van der Waals surface area contributed by atoms with Gasteiger partial charge in [0.25, 0.3) is 0 Å². The van der Waals surface area contributed by atoms with Crippen LogP contribution in [0, 0.1) is 0 Å². The predicted octanol–water partition coefficient (Wildman–Crippen LogP) is 5.77. The highest BCUT2D eigenvalue weighted by molar-refractivity contribution is 6.35. The number of ether oxygens (including phenoxy) is 3. The second-order valence-corrected chi connectivity index (χ2v) is 7.43. The number of hydrogen-bond acceptors (Lipinski definition) is 5. The summed E-state index contributed by atoms with van der Waals surface area (Å²) in [5.41, 5.74) is 1.49. The lowest BCUT2D eigenvalue weighted by Gasteiger charge is -2.09. The molecule has 31 heavy (non-hydrogen) atoms. The van der Waals surface area contributed by atoms with Crippen molar-refractivity contribution in [3.8, 4) is 11.5 Å². The van der Waals surface area contributed by atoms with Crippen LogP contribution in [-0.4, -0.2) is 25.2 Å². The van der Waals surface area contributed by atoms with Crippen LogP contribution in [0.1, 0.15) is 22.3 Å². The number of halogens is 2. The van der Waals surface area contributed by atoms with Crippen LogP contribution >= 0.6 is 23.2 Å². The summed E-state index contributed by atoms with van der Waals surface area (Å²) in [4.78, 5) is 24.3. The maximum Gasteiger partial charge on any atom is 0.349 e. The molecule has 0 amide bonds. The van der Waals surface area contributed by atoms with Gasteiger partial charge in [-0.2, -0.15) is 0 Å². The topological polar surface area (TPSA) is 61.8 Å². The van der Waals surface area contributed by atoms with Gasteiger partial charge in [0.1, 0.15) is 11.5 Å². The minimum absolute atomic E-state index is 0.217. The van der Waals surface area contributed by atoms with E-state index in [9.17, 15) is 9.59 Å². The number of benzene rings is 3. The zero-order valence-corrected chi connectivity index (χ0v) is 18.1. The van der Waals surface area contributed by atoms with Crippen molar-refractivity contribution >= 4 is 35.1 Å². The van der Waals surface area contributed by atoms with E-state index < -0.39 is 11.9 Å². The van der Waals surface area contributed by atoms with Crippen molar-refractivity contribution in [1.29, 1.82) is 0 Å². The number of hydrogen-bond donors (Lipinski definition) is 0. The van der Waals surface area contributed by atoms with Crippen molar-refractivity contribution in [3.05, 3.63) is 94.0 Å². The van der Waals surface area contributed by atoms with Gasteiger partial charge in [-0.1, -0.05) is 59.6 Å². The molecule has 0 aliphatic heterocycles. The molecule has 3 rings (SSSR count). The van der Waals surface area contributed by atoms with E-state index in [0.717, 1.165) is 12.8 Å². The largest absolute Gasteiger partial charge is 0.480 e. The van der Waals surface area contributed by atoms with E-state index in [4.69, 9.17) is 37.4 Å². The average molecular weight is 459 g/mol. The summed E-state index contributed by atoms with van der Waals surface area (Å²) in [5, 5.41) is 0.751. The van der Waals surface area contributed by atoms with Crippen LogP contribution in [0.4, 0.5) is 0 Å². The third kappa shape index (κ3) is 7.31. The first-order chi connectivity index (χ1) is 15.0. The molecule has 0 bridgehead atoms. The maximum atomic E-state index is 12.3. The van der Waals surface area contributed by atoms with E-state index in [1.165, 1.54) is 17.7 Å². The zero-order chi connectivity index (χ0) is 22.1. The van der Waals surface area contributed by atoms with Crippen LogP contribution in [-0.2, 0) is 16.0 Å². The van der Waals surface area contributed by atoms with E-state index in [0.29, 0.717) is 22.9 Å². The first-order valence-corrected chi connectivity index (χ1v) is 10.4. The molecule has 7 heteroatoms. The van der Waals surface area contributed by atoms with Crippen molar-refractivity contribution in [2.45, 2.75) is 12.8 Å². The number of carbonyl (C=O) groups excluding carboxylic acids is 2. The maximum absolute atomic E-state index is 12.3. The fourth-order valence-corrected chi connectivity index (χ4v) is 3.21. The van der Waals surface area contributed by atoms with E-state index in [2.05, 4.69) is 0 Å². The van der Waals surface area contributed by atoms with E-state index >= 15 is 0 Å². The first kappa shape index (κ1) is 22.7. The third-order valence-electron chi connectivity index (χ3n) is 4.23. The average Bonchev–Trinajstić information content (AvgIpc) is 2.77. The molecule has 160 valence electrons. The Kier molecular flexibility index (Phi) is 8.33. The minimum Gasteiger partial charge on any atom is -0.480 e. The molecule has 0 N–H and O–H groups in total. The van der Waals surface area contributed by atoms with Gasteiger partial charge in [0.15, 0.2) is 6.61 Å². The lowest BCUT2D eigenvalue weighted by molar-refractivity contribution is -0.136. The lowest BCUT2D eigenvalue weighted by atomic mass is 10.1. The molecule has 0 fully saturated rings. The summed E-state index contributed by atoms with van der Waals surface area (Å²) in [5.74, 6) is -0.583. The van der Waals surface area contributed by atoms with Crippen LogP contribution < -0.4 is 9.47 Å². The highest BCUT2D eigenvalue weighted by atomic mass is 35.5. The van der Waals surface area contributed by atoms with Crippen LogP contribution in [0.2, 0.25) is 10.0 Å². The Hall–Kier alpha value is -3.02. The molecule has 0 spiro atoms. The van der Waals surface area contributed by atoms with Gasteiger partial charge in [-0.3, -0.25) is 0 Å². The Morgan fingerprint density at radius 3 is 2.45 bits per heavy atom. The second-order valence-electron chi connectivity index (χ2n) is 6.59. The van der Waals surface area contributed by atoms with Crippen LogP contribution in [0.15, 0.2) is 72.8 Å². The van der Waals surface area contributed by atoms with Crippen LogP contribution in [0.5, 0.6) is 11.5 Å².